The van der Waals surface area contributed by atoms with E-state index < -0.39 is 30.2 Å². The molecule has 0 aromatic carbocycles. The number of nitrogens with zero attached hydrogens (tertiary/aromatic N) is 5. The first-order chi connectivity index (χ1) is 19.0. The van der Waals surface area contributed by atoms with Gasteiger partial charge in [-0.2, -0.15) is 13.2 Å². The van der Waals surface area contributed by atoms with Gasteiger partial charge < -0.3 is 19.7 Å². The Bertz CT molecular complexity index is 1250. The summed E-state index contributed by atoms with van der Waals surface area (Å²) in [7, 11) is 1.71. The summed E-state index contributed by atoms with van der Waals surface area (Å²) in [6.07, 6.45) is 1.62. The van der Waals surface area contributed by atoms with Gasteiger partial charge in [-0.1, -0.05) is 6.07 Å². The number of rotatable bonds is 8. The molecule has 1 spiro atoms. The molecule has 0 radical (unpaired) electrons. The number of alkyl halides is 3. The number of amides is 1. The van der Waals surface area contributed by atoms with Crippen LogP contribution in [-0.4, -0.2) is 69.7 Å². The van der Waals surface area contributed by atoms with Gasteiger partial charge in [-0.3, -0.25) is 15.1 Å². The summed E-state index contributed by atoms with van der Waals surface area (Å²) in [6.45, 7) is 1.52. The van der Waals surface area contributed by atoms with E-state index in [0.717, 1.165) is 36.1 Å². The topological polar surface area (TPSA) is 117 Å². The molecule has 10 nitrogen and oxygen atoms in total. The van der Waals surface area contributed by atoms with Crippen molar-refractivity contribution in [2.24, 2.45) is 0 Å². The lowest BCUT2D eigenvalue weighted by Crippen LogP contribution is -2.44. The third-order valence-electron chi connectivity index (χ3n) is 7.76. The Morgan fingerprint density at radius 1 is 1.23 bits per heavy atom. The van der Waals surface area contributed by atoms with E-state index >= 15 is 0 Å². The van der Waals surface area contributed by atoms with E-state index in [1.807, 2.05) is 18.2 Å². The Balaban J connectivity index is 1.33. The zero-order valence-corrected chi connectivity index (χ0v) is 22.8. The second-order valence-electron chi connectivity index (χ2n) is 10.8. The molecule has 0 saturated heterocycles. The van der Waals surface area contributed by atoms with Crippen LogP contribution in [0.3, 0.4) is 0 Å². The van der Waals surface area contributed by atoms with E-state index in [-0.39, 0.29) is 30.5 Å². The summed E-state index contributed by atoms with van der Waals surface area (Å²) in [5, 5.41) is 11.2. The highest BCUT2D eigenvalue weighted by Crippen LogP contribution is 2.59. The number of ether oxygens (including phenoxy) is 2. The predicted molar refractivity (Wildman–Crippen MR) is 141 cm³/mol. The van der Waals surface area contributed by atoms with Gasteiger partial charge >= 0.3 is 6.18 Å². The van der Waals surface area contributed by atoms with Crippen LogP contribution in [0.1, 0.15) is 63.8 Å². The molecule has 2 aliphatic carbocycles. The van der Waals surface area contributed by atoms with E-state index in [0.29, 0.717) is 30.4 Å². The van der Waals surface area contributed by atoms with Crippen LogP contribution < -0.4 is 15.0 Å². The van der Waals surface area contributed by atoms with E-state index in [9.17, 15) is 18.0 Å². The average molecular weight is 562 g/mol. The molecule has 1 aliphatic heterocycles. The lowest BCUT2D eigenvalue weighted by Gasteiger charge is -2.34. The number of nitrogens with one attached hydrogen (secondary N) is 2. The Kier molecular flexibility index (Phi) is 7.49. The summed E-state index contributed by atoms with van der Waals surface area (Å²) in [5.74, 6) is 1.82. The third kappa shape index (κ3) is 5.50. The fraction of sp³-hybridized carbons (Fsp3) is 0.593. The van der Waals surface area contributed by atoms with Crippen LogP contribution in [0.15, 0.2) is 24.4 Å². The standard InChI is InChI=1S/C27H34F3N7O3/c1-16(2)36(15-27(28,29)30)25(31)39-14-19-34-22(32-3)21-23(35-19)37(24(38)26(21)11-12-26)17-7-9-18(10-8-17)40-20-6-4-5-13-33-20/h4-6,13,16-18,31H,7-12,14-15H2,1-3H3,(H,32,34,35). The van der Waals surface area contributed by atoms with Crippen molar-refractivity contribution in [3.05, 3.63) is 35.8 Å². The summed E-state index contributed by atoms with van der Waals surface area (Å²) in [6, 6.07) is 4.26. The summed E-state index contributed by atoms with van der Waals surface area (Å²) in [5.41, 5.74) is 0.133. The number of aromatic nitrogens is 3. The van der Waals surface area contributed by atoms with Gasteiger partial charge in [0.05, 0.1) is 11.0 Å². The minimum atomic E-state index is -4.48. The maximum atomic E-state index is 13.8. The molecule has 40 heavy (non-hydrogen) atoms. The second kappa shape index (κ2) is 10.7. The first kappa shape index (κ1) is 27.9. The van der Waals surface area contributed by atoms with Gasteiger partial charge in [0.2, 0.25) is 11.8 Å². The Labute approximate surface area is 230 Å². The van der Waals surface area contributed by atoms with Crippen molar-refractivity contribution >= 4 is 23.6 Å². The van der Waals surface area contributed by atoms with Gasteiger partial charge in [-0.15, -0.1) is 0 Å². The highest BCUT2D eigenvalue weighted by molar-refractivity contribution is 6.11. The number of amidine groups is 1. The molecule has 2 fully saturated rings. The van der Waals surface area contributed by atoms with Crippen molar-refractivity contribution in [3.63, 3.8) is 0 Å². The normalized spacial score (nSPS) is 21.4. The van der Waals surface area contributed by atoms with Crippen molar-refractivity contribution in [1.82, 2.24) is 19.9 Å². The van der Waals surface area contributed by atoms with E-state index in [4.69, 9.17) is 19.9 Å². The van der Waals surface area contributed by atoms with Crippen molar-refractivity contribution in [1.29, 1.82) is 5.41 Å². The molecule has 0 atom stereocenters. The minimum absolute atomic E-state index is 0.00653. The van der Waals surface area contributed by atoms with Crippen molar-refractivity contribution in [2.75, 3.05) is 23.8 Å². The Hall–Kier alpha value is -3.64. The molecule has 3 aliphatic rings. The zero-order chi connectivity index (χ0) is 28.7. The summed E-state index contributed by atoms with van der Waals surface area (Å²) >= 11 is 0. The maximum Gasteiger partial charge on any atom is 0.406 e. The molecular weight excluding hydrogens is 527 g/mol. The molecule has 0 bridgehead atoms. The molecule has 2 aromatic heterocycles. The van der Waals surface area contributed by atoms with Crippen LogP contribution in [0.25, 0.3) is 0 Å². The van der Waals surface area contributed by atoms with Crippen LogP contribution in [0.4, 0.5) is 24.8 Å². The van der Waals surface area contributed by atoms with E-state index in [2.05, 4.69) is 15.3 Å². The number of fused-ring (bicyclic) bond motifs is 2. The van der Waals surface area contributed by atoms with Crippen molar-refractivity contribution in [2.45, 2.75) is 88.8 Å². The fourth-order valence-corrected chi connectivity index (χ4v) is 5.62. The molecule has 0 unspecified atom stereocenters. The first-order valence-corrected chi connectivity index (χ1v) is 13.6. The van der Waals surface area contributed by atoms with Gasteiger partial charge in [0.1, 0.15) is 24.3 Å². The number of hydrogen-bond donors (Lipinski definition) is 2. The second-order valence-corrected chi connectivity index (χ2v) is 10.8. The van der Waals surface area contributed by atoms with Crippen LogP contribution in [-0.2, 0) is 21.6 Å². The smallest absolute Gasteiger partial charge is 0.406 e. The number of hydrogen-bond acceptors (Lipinski definition) is 8. The highest BCUT2D eigenvalue weighted by atomic mass is 19.4. The number of pyridine rings is 1. The number of carbonyl (C=O) groups is 1. The number of carbonyl (C=O) groups excluding carboxylic acids is 1. The lowest BCUT2D eigenvalue weighted by atomic mass is 9.91. The molecular formula is C27H34F3N7O3. The molecule has 2 saturated carbocycles. The third-order valence-corrected chi connectivity index (χ3v) is 7.76. The minimum Gasteiger partial charge on any atom is -0.474 e. The van der Waals surface area contributed by atoms with Crippen LogP contribution in [0.2, 0.25) is 0 Å². The molecule has 1 amide bonds. The maximum absolute atomic E-state index is 13.8. The van der Waals surface area contributed by atoms with Gasteiger partial charge in [-0.25, -0.2) is 15.0 Å². The molecule has 2 N–H and O–H groups in total. The molecule has 216 valence electrons. The van der Waals surface area contributed by atoms with Crippen molar-refractivity contribution < 1.29 is 27.4 Å². The van der Waals surface area contributed by atoms with Gasteiger partial charge in [-0.05, 0) is 58.4 Å². The molecule has 5 rings (SSSR count). The van der Waals surface area contributed by atoms with Gasteiger partial charge in [0.25, 0.3) is 6.02 Å². The Morgan fingerprint density at radius 3 is 2.52 bits per heavy atom. The Morgan fingerprint density at radius 2 is 1.95 bits per heavy atom. The molecule has 13 heteroatoms. The predicted octanol–water partition coefficient (Wildman–Crippen LogP) is 4.41. The van der Waals surface area contributed by atoms with E-state index in [1.54, 1.807) is 32.0 Å². The fourth-order valence-electron chi connectivity index (χ4n) is 5.62. The van der Waals surface area contributed by atoms with Crippen LogP contribution in [0, 0.1) is 5.41 Å². The number of anilines is 2. The average Bonchev–Trinajstić information content (AvgIpc) is 3.68. The largest absolute Gasteiger partial charge is 0.474 e. The quantitative estimate of drug-likeness (QED) is 0.360. The zero-order valence-electron chi connectivity index (χ0n) is 22.8. The van der Waals surface area contributed by atoms with Gasteiger partial charge in [0, 0.05) is 31.4 Å². The lowest BCUT2D eigenvalue weighted by molar-refractivity contribution is -0.142. The molecule has 3 heterocycles. The van der Waals surface area contributed by atoms with E-state index in [1.165, 1.54) is 0 Å². The van der Waals surface area contributed by atoms with Gasteiger partial charge in [0.15, 0.2) is 12.4 Å². The first-order valence-electron chi connectivity index (χ1n) is 13.6. The molecule has 2 aromatic rings. The van der Waals surface area contributed by atoms with Crippen LogP contribution >= 0.6 is 0 Å². The SMILES string of the molecule is CNc1nc(COC(=N)N(CC(F)(F)F)C(C)C)nc2c1C1(CC1)C(=O)N2C1CCC(Oc2ccccn2)CC1. The summed E-state index contributed by atoms with van der Waals surface area (Å²) < 4.78 is 50.6. The van der Waals surface area contributed by atoms with Crippen molar-refractivity contribution in [3.8, 4) is 5.88 Å². The monoisotopic (exact) mass is 561 g/mol. The van der Waals surface area contributed by atoms with Crippen LogP contribution in [0.5, 0.6) is 5.88 Å². The highest BCUT2D eigenvalue weighted by Gasteiger charge is 2.62. The number of halogens is 3. The summed E-state index contributed by atoms with van der Waals surface area (Å²) in [4.78, 5) is 29.9.